The molecule has 0 aliphatic carbocycles. The zero-order valence-electron chi connectivity index (χ0n) is 18.1. The summed E-state index contributed by atoms with van der Waals surface area (Å²) in [4.78, 5) is 11.7. The van der Waals surface area contributed by atoms with E-state index in [9.17, 15) is 31.5 Å². The molecule has 180 valence electrons. The lowest BCUT2D eigenvalue weighted by Gasteiger charge is -2.19. The van der Waals surface area contributed by atoms with E-state index in [2.05, 4.69) is 0 Å². The normalized spacial score (nSPS) is 13.0. The van der Waals surface area contributed by atoms with Crippen LogP contribution in [0.2, 0.25) is 0 Å². The SMILES string of the molecule is CN(Cc1ccc(OC(C(=O)O)c2cccc(C(F)(F)F)c2)cc1)S(=O)(=O)Cc1ccccc1. The van der Waals surface area contributed by atoms with Gasteiger partial charge in [-0.1, -0.05) is 54.6 Å². The summed E-state index contributed by atoms with van der Waals surface area (Å²) >= 11 is 0. The van der Waals surface area contributed by atoms with Gasteiger partial charge in [0.1, 0.15) is 5.75 Å². The minimum absolute atomic E-state index is 0.0748. The van der Waals surface area contributed by atoms with Crippen molar-refractivity contribution in [1.29, 1.82) is 0 Å². The molecule has 0 heterocycles. The summed E-state index contributed by atoms with van der Waals surface area (Å²) in [6.07, 6.45) is -6.27. The van der Waals surface area contributed by atoms with Gasteiger partial charge < -0.3 is 9.84 Å². The van der Waals surface area contributed by atoms with E-state index in [1.165, 1.54) is 29.6 Å². The van der Waals surface area contributed by atoms with E-state index in [4.69, 9.17) is 4.74 Å². The molecular formula is C24H22F3NO5S. The number of hydrogen-bond donors (Lipinski definition) is 1. The van der Waals surface area contributed by atoms with Gasteiger partial charge in [0.05, 0.1) is 11.3 Å². The third kappa shape index (κ3) is 6.58. The highest BCUT2D eigenvalue weighted by Crippen LogP contribution is 2.32. The average molecular weight is 494 g/mol. The molecule has 0 saturated carbocycles. The lowest BCUT2D eigenvalue weighted by atomic mass is 10.1. The molecule has 0 aliphatic heterocycles. The van der Waals surface area contributed by atoms with Crippen LogP contribution in [0.15, 0.2) is 78.9 Å². The van der Waals surface area contributed by atoms with Gasteiger partial charge in [-0.05, 0) is 35.4 Å². The Labute approximate surface area is 195 Å². The highest BCUT2D eigenvalue weighted by atomic mass is 32.2. The van der Waals surface area contributed by atoms with E-state index in [0.29, 0.717) is 11.1 Å². The molecule has 3 aromatic rings. The van der Waals surface area contributed by atoms with Crippen LogP contribution < -0.4 is 4.74 Å². The Morgan fingerprint density at radius 2 is 1.62 bits per heavy atom. The second-order valence-corrected chi connectivity index (χ2v) is 9.68. The number of halogens is 3. The molecule has 1 unspecified atom stereocenters. The number of carboxylic acid groups (broad SMARTS) is 1. The summed E-state index contributed by atoms with van der Waals surface area (Å²) in [5.74, 6) is -1.48. The van der Waals surface area contributed by atoms with Gasteiger partial charge in [-0.25, -0.2) is 17.5 Å². The molecule has 3 rings (SSSR count). The monoisotopic (exact) mass is 493 g/mol. The molecular weight excluding hydrogens is 471 g/mol. The number of nitrogens with zero attached hydrogens (tertiary/aromatic N) is 1. The van der Waals surface area contributed by atoms with Crippen LogP contribution in [0.25, 0.3) is 0 Å². The molecule has 0 amide bonds. The molecule has 0 aromatic heterocycles. The fourth-order valence-corrected chi connectivity index (χ4v) is 4.38. The topological polar surface area (TPSA) is 83.9 Å². The average Bonchev–Trinajstić information content (AvgIpc) is 2.78. The number of aliphatic carboxylic acids is 1. The predicted molar refractivity (Wildman–Crippen MR) is 119 cm³/mol. The molecule has 1 atom stereocenters. The van der Waals surface area contributed by atoms with Crippen LogP contribution in [0.3, 0.4) is 0 Å². The summed E-state index contributed by atoms with van der Waals surface area (Å²) in [5.41, 5.74) is 0.151. The number of rotatable bonds is 9. The number of alkyl halides is 3. The summed E-state index contributed by atoms with van der Waals surface area (Å²) in [5, 5.41) is 9.49. The van der Waals surface area contributed by atoms with Gasteiger partial charge in [-0.2, -0.15) is 13.2 Å². The molecule has 0 saturated heterocycles. The fourth-order valence-electron chi connectivity index (χ4n) is 3.20. The predicted octanol–water partition coefficient (Wildman–Crippen LogP) is 4.87. The van der Waals surface area contributed by atoms with Crippen LogP contribution in [0.1, 0.15) is 28.4 Å². The summed E-state index contributed by atoms with van der Waals surface area (Å²) < 4.78 is 70.8. The van der Waals surface area contributed by atoms with Crippen LogP contribution in [-0.4, -0.2) is 30.8 Å². The summed E-state index contributed by atoms with van der Waals surface area (Å²) in [7, 11) is -2.12. The maximum atomic E-state index is 13.0. The van der Waals surface area contributed by atoms with Crippen molar-refractivity contribution >= 4 is 16.0 Å². The van der Waals surface area contributed by atoms with Crippen molar-refractivity contribution in [3.8, 4) is 5.75 Å². The zero-order chi connectivity index (χ0) is 24.9. The second-order valence-electron chi connectivity index (χ2n) is 7.60. The minimum atomic E-state index is -4.62. The van der Waals surface area contributed by atoms with Crippen molar-refractivity contribution in [2.24, 2.45) is 0 Å². The van der Waals surface area contributed by atoms with Crippen molar-refractivity contribution in [1.82, 2.24) is 4.31 Å². The third-order valence-electron chi connectivity index (χ3n) is 4.99. The van der Waals surface area contributed by atoms with Crippen LogP contribution in [0, 0.1) is 0 Å². The maximum Gasteiger partial charge on any atom is 0.416 e. The van der Waals surface area contributed by atoms with Crippen molar-refractivity contribution in [2.45, 2.75) is 24.6 Å². The van der Waals surface area contributed by atoms with Crippen LogP contribution in [0.5, 0.6) is 5.75 Å². The number of ether oxygens (including phenoxy) is 1. The number of benzene rings is 3. The van der Waals surface area contributed by atoms with Gasteiger partial charge in [-0.3, -0.25) is 0 Å². The minimum Gasteiger partial charge on any atom is -0.478 e. The molecule has 1 N–H and O–H groups in total. The summed E-state index contributed by atoms with van der Waals surface area (Å²) in [6, 6.07) is 18.7. The fraction of sp³-hybridized carbons (Fsp3) is 0.208. The van der Waals surface area contributed by atoms with Gasteiger partial charge in [0, 0.05) is 19.2 Å². The number of carbonyl (C=O) groups is 1. The van der Waals surface area contributed by atoms with Gasteiger partial charge in [0.25, 0.3) is 0 Å². The number of sulfonamides is 1. The Bertz CT molecular complexity index is 1230. The van der Waals surface area contributed by atoms with Gasteiger partial charge in [0.2, 0.25) is 16.1 Å². The molecule has 10 heteroatoms. The van der Waals surface area contributed by atoms with E-state index in [1.54, 1.807) is 42.5 Å². The molecule has 0 aliphatic rings. The quantitative estimate of drug-likeness (QED) is 0.460. The van der Waals surface area contributed by atoms with Crippen LogP contribution >= 0.6 is 0 Å². The highest BCUT2D eigenvalue weighted by Gasteiger charge is 2.32. The first kappa shape index (κ1) is 25.3. The lowest BCUT2D eigenvalue weighted by Crippen LogP contribution is -2.27. The molecule has 0 fully saturated rings. The highest BCUT2D eigenvalue weighted by molar-refractivity contribution is 7.88. The lowest BCUT2D eigenvalue weighted by molar-refractivity contribution is -0.146. The van der Waals surface area contributed by atoms with Crippen LogP contribution in [0.4, 0.5) is 13.2 Å². The molecule has 0 spiro atoms. The van der Waals surface area contributed by atoms with E-state index in [0.717, 1.165) is 18.2 Å². The molecule has 0 radical (unpaired) electrons. The Hall–Kier alpha value is -3.37. The number of hydrogen-bond acceptors (Lipinski definition) is 4. The van der Waals surface area contributed by atoms with Gasteiger partial charge >= 0.3 is 12.1 Å². The maximum absolute atomic E-state index is 13.0. The van der Waals surface area contributed by atoms with E-state index >= 15 is 0 Å². The van der Waals surface area contributed by atoms with E-state index in [1.807, 2.05) is 0 Å². The van der Waals surface area contributed by atoms with E-state index in [-0.39, 0.29) is 23.6 Å². The smallest absolute Gasteiger partial charge is 0.416 e. The van der Waals surface area contributed by atoms with Crippen molar-refractivity contribution in [3.05, 3.63) is 101 Å². The first-order valence-electron chi connectivity index (χ1n) is 10.1. The number of carboxylic acids is 1. The Balaban J connectivity index is 1.70. The Kier molecular flexibility index (Phi) is 7.63. The van der Waals surface area contributed by atoms with Gasteiger partial charge in [0.15, 0.2) is 0 Å². The first-order chi connectivity index (χ1) is 16.0. The standard InChI is InChI=1S/C24H22F3NO5S/c1-28(34(31,32)16-18-6-3-2-4-7-18)15-17-10-12-21(13-11-17)33-22(23(29)30)19-8-5-9-20(14-19)24(25,26)27/h2-14,22H,15-16H2,1H3,(H,29,30). The summed E-state index contributed by atoms with van der Waals surface area (Å²) in [6.45, 7) is 0.0748. The van der Waals surface area contributed by atoms with Crippen molar-refractivity contribution in [3.63, 3.8) is 0 Å². The first-order valence-corrected chi connectivity index (χ1v) is 11.7. The molecule has 3 aromatic carbocycles. The van der Waals surface area contributed by atoms with Gasteiger partial charge in [-0.15, -0.1) is 0 Å². The molecule has 0 bridgehead atoms. The molecule has 34 heavy (non-hydrogen) atoms. The Morgan fingerprint density at radius 3 is 2.21 bits per heavy atom. The Morgan fingerprint density at radius 1 is 0.971 bits per heavy atom. The van der Waals surface area contributed by atoms with E-state index < -0.39 is 33.8 Å². The second kappa shape index (κ2) is 10.3. The third-order valence-corrected chi connectivity index (χ3v) is 6.77. The van der Waals surface area contributed by atoms with Crippen LogP contribution in [-0.2, 0) is 33.3 Å². The molecule has 6 nitrogen and oxygen atoms in total. The largest absolute Gasteiger partial charge is 0.478 e. The van der Waals surface area contributed by atoms with Crippen molar-refractivity contribution in [2.75, 3.05) is 7.05 Å². The zero-order valence-corrected chi connectivity index (χ0v) is 18.9. The van der Waals surface area contributed by atoms with Crippen molar-refractivity contribution < 1.29 is 36.2 Å².